The van der Waals surface area contributed by atoms with Crippen molar-refractivity contribution < 1.29 is 14.7 Å². The molecular weight excluding hydrogens is 322 g/mol. The van der Waals surface area contributed by atoms with Gasteiger partial charge in [0.2, 0.25) is 5.78 Å². The van der Waals surface area contributed by atoms with Gasteiger partial charge in [-0.05, 0) is 49.1 Å². The lowest BCUT2D eigenvalue weighted by molar-refractivity contribution is 0.0905. The van der Waals surface area contributed by atoms with Gasteiger partial charge in [0, 0.05) is 18.2 Å². The molecule has 0 saturated heterocycles. The van der Waals surface area contributed by atoms with Crippen molar-refractivity contribution in [3.05, 3.63) is 57.8 Å². The maximum atomic E-state index is 12.6. The van der Waals surface area contributed by atoms with Crippen LogP contribution in [0.4, 0.5) is 0 Å². The van der Waals surface area contributed by atoms with E-state index in [9.17, 15) is 14.7 Å². The Hall–Kier alpha value is -1.98. The quantitative estimate of drug-likeness (QED) is 0.819. The van der Waals surface area contributed by atoms with E-state index in [1.54, 1.807) is 30.3 Å². The third kappa shape index (κ3) is 3.74. The third-order valence-corrected chi connectivity index (χ3v) is 5.47. The normalized spacial score (nSPS) is 20.5. The van der Waals surface area contributed by atoms with Gasteiger partial charge in [-0.1, -0.05) is 24.3 Å². The molecule has 0 spiro atoms. The van der Waals surface area contributed by atoms with Gasteiger partial charge in [-0.3, -0.25) is 9.59 Å². The maximum Gasteiger partial charge on any atom is 0.252 e. The summed E-state index contributed by atoms with van der Waals surface area (Å²) in [6.45, 7) is 0.221. The number of carbonyl (C=O) groups excluding carboxylic acids is 2. The van der Waals surface area contributed by atoms with Crippen LogP contribution in [0.25, 0.3) is 0 Å². The number of benzene rings is 1. The van der Waals surface area contributed by atoms with Gasteiger partial charge in [0.25, 0.3) is 5.91 Å². The minimum absolute atomic E-state index is 0.111. The van der Waals surface area contributed by atoms with Crippen LogP contribution in [0.1, 0.15) is 51.3 Å². The first-order valence-corrected chi connectivity index (χ1v) is 9.16. The van der Waals surface area contributed by atoms with E-state index in [4.69, 9.17) is 0 Å². The van der Waals surface area contributed by atoms with Crippen LogP contribution in [0.2, 0.25) is 0 Å². The monoisotopic (exact) mass is 343 g/mol. The van der Waals surface area contributed by atoms with Crippen LogP contribution >= 0.6 is 11.3 Å². The highest BCUT2D eigenvalue weighted by Crippen LogP contribution is 2.24. The van der Waals surface area contributed by atoms with Crippen molar-refractivity contribution in [2.75, 3.05) is 6.61 Å². The molecule has 0 atom stereocenters. The minimum atomic E-state index is -0.192. The Bertz CT molecular complexity index is 703. The summed E-state index contributed by atoms with van der Waals surface area (Å²) in [5.74, 6) is 0.0496. The molecule has 1 saturated carbocycles. The number of aliphatic hydroxyl groups excluding tert-OH is 1. The first-order valence-electron chi connectivity index (χ1n) is 8.28. The van der Waals surface area contributed by atoms with Gasteiger partial charge in [0.1, 0.15) is 0 Å². The van der Waals surface area contributed by atoms with E-state index in [2.05, 4.69) is 5.32 Å². The largest absolute Gasteiger partial charge is 0.396 e. The molecule has 5 heteroatoms. The number of hydrogen-bond acceptors (Lipinski definition) is 4. The predicted octanol–water partition coefficient (Wildman–Crippen LogP) is 3.26. The summed E-state index contributed by atoms with van der Waals surface area (Å²) in [6.07, 6.45) is 3.60. The van der Waals surface area contributed by atoms with E-state index in [0.717, 1.165) is 25.7 Å². The molecule has 1 aliphatic carbocycles. The van der Waals surface area contributed by atoms with Crippen molar-refractivity contribution in [2.45, 2.75) is 31.7 Å². The molecule has 2 N–H and O–H groups in total. The van der Waals surface area contributed by atoms with Gasteiger partial charge in [-0.2, -0.15) is 0 Å². The molecule has 1 aromatic heterocycles. The topological polar surface area (TPSA) is 66.4 Å². The van der Waals surface area contributed by atoms with E-state index >= 15 is 0 Å². The van der Waals surface area contributed by atoms with Gasteiger partial charge in [-0.15, -0.1) is 11.3 Å². The summed E-state index contributed by atoms with van der Waals surface area (Å²) < 4.78 is 0. The first-order chi connectivity index (χ1) is 11.7. The summed E-state index contributed by atoms with van der Waals surface area (Å²) in [5.41, 5.74) is 0.877. The van der Waals surface area contributed by atoms with Gasteiger partial charge in [0.05, 0.1) is 10.4 Å². The second kappa shape index (κ2) is 7.73. The molecule has 0 unspecified atom stereocenters. The molecule has 0 bridgehead atoms. The van der Waals surface area contributed by atoms with Crippen LogP contribution in [0.5, 0.6) is 0 Å². The van der Waals surface area contributed by atoms with Crippen LogP contribution in [0.3, 0.4) is 0 Å². The summed E-state index contributed by atoms with van der Waals surface area (Å²) in [5, 5.41) is 14.1. The molecule has 0 radical (unpaired) electrons. The van der Waals surface area contributed by atoms with Crippen molar-refractivity contribution in [3.63, 3.8) is 0 Å². The van der Waals surface area contributed by atoms with Crippen molar-refractivity contribution in [1.29, 1.82) is 0 Å². The van der Waals surface area contributed by atoms with Gasteiger partial charge < -0.3 is 10.4 Å². The molecule has 1 heterocycles. The highest BCUT2D eigenvalue weighted by Gasteiger charge is 2.24. The van der Waals surface area contributed by atoms with E-state index < -0.39 is 0 Å². The number of thiophene rings is 1. The highest BCUT2D eigenvalue weighted by molar-refractivity contribution is 7.12. The Kier molecular flexibility index (Phi) is 5.43. The molecule has 1 aliphatic rings. The second-order valence-electron chi connectivity index (χ2n) is 6.23. The van der Waals surface area contributed by atoms with E-state index in [-0.39, 0.29) is 24.3 Å². The van der Waals surface area contributed by atoms with Gasteiger partial charge >= 0.3 is 0 Å². The number of ketones is 1. The summed E-state index contributed by atoms with van der Waals surface area (Å²) >= 11 is 1.38. The number of nitrogens with one attached hydrogen (secondary N) is 1. The average Bonchev–Trinajstić information content (AvgIpc) is 3.16. The Labute approximate surface area is 145 Å². The predicted molar refractivity (Wildman–Crippen MR) is 94.5 cm³/mol. The zero-order chi connectivity index (χ0) is 16.9. The van der Waals surface area contributed by atoms with Gasteiger partial charge in [0.15, 0.2) is 0 Å². The third-order valence-electron chi connectivity index (χ3n) is 4.60. The zero-order valence-electron chi connectivity index (χ0n) is 13.4. The Morgan fingerprint density at radius 3 is 2.38 bits per heavy atom. The SMILES string of the molecule is O=C(NC1CCC(CO)CC1)c1ccccc1C(=O)c1cccs1. The smallest absolute Gasteiger partial charge is 0.252 e. The molecule has 1 amide bonds. The Balaban J connectivity index is 1.73. The minimum Gasteiger partial charge on any atom is -0.396 e. The molecular formula is C19H21NO3S. The lowest BCUT2D eigenvalue weighted by Gasteiger charge is -2.28. The van der Waals surface area contributed by atoms with E-state index in [1.807, 2.05) is 11.4 Å². The fraction of sp³-hybridized carbons (Fsp3) is 0.368. The van der Waals surface area contributed by atoms with E-state index in [0.29, 0.717) is 21.9 Å². The number of carbonyl (C=O) groups is 2. The molecule has 3 rings (SSSR count). The lowest BCUT2D eigenvalue weighted by atomic mass is 9.86. The van der Waals surface area contributed by atoms with Crippen LogP contribution in [-0.4, -0.2) is 29.4 Å². The van der Waals surface area contributed by atoms with Crippen LogP contribution in [0.15, 0.2) is 41.8 Å². The molecule has 1 fully saturated rings. The van der Waals surface area contributed by atoms with Crippen LogP contribution in [-0.2, 0) is 0 Å². The number of aliphatic hydroxyl groups is 1. The van der Waals surface area contributed by atoms with Crippen LogP contribution in [0, 0.1) is 5.92 Å². The van der Waals surface area contributed by atoms with Gasteiger partial charge in [-0.25, -0.2) is 0 Å². The summed E-state index contributed by atoms with van der Waals surface area (Å²) in [4.78, 5) is 25.9. The van der Waals surface area contributed by atoms with Crippen molar-refractivity contribution >= 4 is 23.0 Å². The standard InChI is InChI=1S/C19H21NO3S/c21-12-13-7-9-14(10-8-13)20-19(23)16-5-2-1-4-15(16)18(22)17-6-3-11-24-17/h1-6,11,13-14,21H,7-10,12H2,(H,20,23). The number of hydrogen-bond donors (Lipinski definition) is 2. The Morgan fingerprint density at radius 1 is 1.04 bits per heavy atom. The Morgan fingerprint density at radius 2 is 1.75 bits per heavy atom. The number of rotatable bonds is 5. The molecule has 0 aliphatic heterocycles. The molecule has 126 valence electrons. The van der Waals surface area contributed by atoms with E-state index in [1.165, 1.54) is 11.3 Å². The second-order valence-corrected chi connectivity index (χ2v) is 7.17. The zero-order valence-corrected chi connectivity index (χ0v) is 14.2. The molecule has 24 heavy (non-hydrogen) atoms. The maximum absolute atomic E-state index is 12.6. The molecule has 2 aromatic rings. The fourth-order valence-electron chi connectivity index (χ4n) is 3.17. The summed E-state index contributed by atoms with van der Waals surface area (Å²) in [6, 6.07) is 10.7. The number of amides is 1. The summed E-state index contributed by atoms with van der Waals surface area (Å²) in [7, 11) is 0. The fourth-order valence-corrected chi connectivity index (χ4v) is 3.85. The highest BCUT2D eigenvalue weighted by atomic mass is 32.1. The van der Waals surface area contributed by atoms with Crippen molar-refractivity contribution in [3.8, 4) is 0 Å². The lowest BCUT2D eigenvalue weighted by Crippen LogP contribution is -2.38. The first kappa shape index (κ1) is 16.9. The van der Waals surface area contributed by atoms with Crippen LogP contribution < -0.4 is 5.32 Å². The molecule has 4 nitrogen and oxygen atoms in total. The van der Waals surface area contributed by atoms with Crippen molar-refractivity contribution in [1.82, 2.24) is 5.32 Å². The van der Waals surface area contributed by atoms with Crippen molar-refractivity contribution in [2.24, 2.45) is 5.92 Å². The molecule has 1 aromatic carbocycles. The average molecular weight is 343 g/mol.